The minimum Gasteiger partial charge on any atom is -0.351 e. The maximum atomic E-state index is 14.6. The molecule has 3 nitrogen and oxygen atoms in total. The van der Waals surface area contributed by atoms with Gasteiger partial charge in [0.1, 0.15) is 0 Å². The quantitative estimate of drug-likeness (QED) is 0.808. The smallest absolute Gasteiger partial charge is 0.170 e. The molecule has 0 saturated carbocycles. The first-order valence-electron chi connectivity index (χ1n) is 7.88. The summed E-state index contributed by atoms with van der Waals surface area (Å²) < 4.78 is 14.6. The van der Waals surface area contributed by atoms with E-state index in [0.717, 1.165) is 44.3 Å². The standard InChI is InChI=1S/C16H26FN3/c1-3-9-18-12-13-8-10-19-16(15(13)17)20-11-6-5-7-14(20)4-2/h8,10,14,18H,3-7,9,11-12H2,1-2H3. The summed E-state index contributed by atoms with van der Waals surface area (Å²) >= 11 is 0. The summed E-state index contributed by atoms with van der Waals surface area (Å²) in [6.07, 6.45) is 7.38. The lowest BCUT2D eigenvalue weighted by atomic mass is 10.00. The van der Waals surface area contributed by atoms with E-state index < -0.39 is 0 Å². The Kier molecular flexibility index (Phi) is 5.77. The van der Waals surface area contributed by atoms with Gasteiger partial charge in [0.05, 0.1) is 0 Å². The fraction of sp³-hybridized carbons (Fsp3) is 0.688. The van der Waals surface area contributed by atoms with Gasteiger partial charge in [-0.2, -0.15) is 0 Å². The number of hydrogen-bond donors (Lipinski definition) is 1. The number of rotatable bonds is 6. The molecular weight excluding hydrogens is 253 g/mol. The summed E-state index contributed by atoms with van der Waals surface area (Å²) in [7, 11) is 0. The van der Waals surface area contributed by atoms with Crippen LogP contribution in [-0.2, 0) is 6.54 Å². The van der Waals surface area contributed by atoms with Crippen molar-refractivity contribution >= 4 is 5.82 Å². The Balaban J connectivity index is 2.16. The fourth-order valence-electron chi connectivity index (χ4n) is 2.91. The van der Waals surface area contributed by atoms with Gasteiger partial charge < -0.3 is 10.2 Å². The van der Waals surface area contributed by atoms with E-state index in [1.165, 1.54) is 6.42 Å². The number of pyridine rings is 1. The van der Waals surface area contributed by atoms with Crippen molar-refractivity contribution in [1.29, 1.82) is 0 Å². The molecule has 1 aromatic heterocycles. The van der Waals surface area contributed by atoms with Crippen molar-refractivity contribution in [3.05, 3.63) is 23.6 Å². The molecule has 1 saturated heterocycles. The number of piperidine rings is 1. The summed E-state index contributed by atoms with van der Waals surface area (Å²) in [6.45, 7) is 6.71. The normalized spacial score (nSPS) is 19.4. The van der Waals surface area contributed by atoms with Crippen molar-refractivity contribution in [3.63, 3.8) is 0 Å². The molecule has 2 rings (SSSR count). The Morgan fingerprint density at radius 3 is 3.00 bits per heavy atom. The Bertz CT molecular complexity index is 422. The molecule has 1 aliphatic heterocycles. The predicted molar refractivity (Wildman–Crippen MR) is 81.5 cm³/mol. The van der Waals surface area contributed by atoms with Gasteiger partial charge in [-0.3, -0.25) is 0 Å². The largest absolute Gasteiger partial charge is 0.351 e. The zero-order chi connectivity index (χ0) is 14.4. The molecule has 0 radical (unpaired) electrons. The van der Waals surface area contributed by atoms with Crippen LogP contribution >= 0.6 is 0 Å². The van der Waals surface area contributed by atoms with Crippen LogP contribution in [0, 0.1) is 5.82 Å². The topological polar surface area (TPSA) is 28.2 Å². The molecule has 1 fully saturated rings. The number of halogens is 1. The first-order chi connectivity index (χ1) is 9.77. The molecule has 1 N–H and O–H groups in total. The molecule has 1 aromatic rings. The second kappa shape index (κ2) is 7.58. The summed E-state index contributed by atoms with van der Waals surface area (Å²) in [4.78, 5) is 6.48. The monoisotopic (exact) mass is 279 g/mol. The van der Waals surface area contributed by atoms with Gasteiger partial charge in [-0.25, -0.2) is 9.37 Å². The van der Waals surface area contributed by atoms with E-state index in [0.29, 0.717) is 18.4 Å². The highest BCUT2D eigenvalue weighted by Crippen LogP contribution is 2.28. The second-order valence-corrected chi connectivity index (χ2v) is 5.54. The molecule has 0 spiro atoms. The van der Waals surface area contributed by atoms with E-state index >= 15 is 0 Å². The maximum Gasteiger partial charge on any atom is 0.170 e. The highest BCUT2D eigenvalue weighted by atomic mass is 19.1. The minimum atomic E-state index is -0.142. The van der Waals surface area contributed by atoms with Crippen LogP contribution in [0.1, 0.15) is 51.5 Å². The molecule has 2 heterocycles. The molecule has 0 bridgehead atoms. The third-order valence-electron chi connectivity index (χ3n) is 4.06. The number of nitrogens with zero attached hydrogens (tertiary/aromatic N) is 2. The van der Waals surface area contributed by atoms with Gasteiger partial charge in [0.15, 0.2) is 11.6 Å². The minimum absolute atomic E-state index is 0.142. The van der Waals surface area contributed by atoms with Crippen LogP contribution in [0.2, 0.25) is 0 Å². The molecule has 1 atom stereocenters. The SMILES string of the molecule is CCCNCc1ccnc(N2CCCCC2CC)c1F. The summed E-state index contributed by atoms with van der Waals surface area (Å²) in [6, 6.07) is 2.22. The molecular formula is C16H26FN3. The summed E-state index contributed by atoms with van der Waals surface area (Å²) in [5.74, 6) is 0.406. The Morgan fingerprint density at radius 1 is 1.40 bits per heavy atom. The van der Waals surface area contributed by atoms with E-state index in [1.54, 1.807) is 12.3 Å². The van der Waals surface area contributed by atoms with Gasteiger partial charge in [-0.1, -0.05) is 13.8 Å². The number of nitrogens with one attached hydrogen (secondary N) is 1. The average molecular weight is 279 g/mol. The van der Waals surface area contributed by atoms with Gasteiger partial charge in [-0.15, -0.1) is 0 Å². The zero-order valence-corrected chi connectivity index (χ0v) is 12.7. The van der Waals surface area contributed by atoms with Crippen molar-refractivity contribution in [3.8, 4) is 0 Å². The molecule has 4 heteroatoms. The van der Waals surface area contributed by atoms with Crippen LogP contribution in [0.25, 0.3) is 0 Å². The molecule has 0 aromatic carbocycles. The van der Waals surface area contributed by atoms with Crippen molar-refractivity contribution in [2.45, 2.75) is 58.5 Å². The Morgan fingerprint density at radius 2 is 2.25 bits per heavy atom. The Hall–Kier alpha value is -1.16. The van der Waals surface area contributed by atoms with E-state index in [1.807, 2.05) is 0 Å². The van der Waals surface area contributed by atoms with Crippen molar-refractivity contribution in [1.82, 2.24) is 10.3 Å². The van der Waals surface area contributed by atoms with Gasteiger partial charge in [0, 0.05) is 30.9 Å². The molecule has 1 aliphatic rings. The van der Waals surface area contributed by atoms with Crippen LogP contribution in [0.4, 0.5) is 10.2 Å². The van der Waals surface area contributed by atoms with E-state index in [4.69, 9.17) is 0 Å². The first kappa shape index (κ1) is 15.2. The third kappa shape index (κ3) is 3.48. The predicted octanol–water partition coefficient (Wildman–Crippen LogP) is 3.49. The van der Waals surface area contributed by atoms with E-state index in [-0.39, 0.29) is 5.82 Å². The van der Waals surface area contributed by atoms with Crippen LogP contribution in [0.5, 0.6) is 0 Å². The van der Waals surface area contributed by atoms with Crippen LogP contribution < -0.4 is 10.2 Å². The van der Waals surface area contributed by atoms with Gasteiger partial charge in [-0.05, 0) is 44.7 Å². The van der Waals surface area contributed by atoms with Crippen molar-refractivity contribution in [2.24, 2.45) is 0 Å². The fourth-order valence-corrected chi connectivity index (χ4v) is 2.91. The first-order valence-corrected chi connectivity index (χ1v) is 7.88. The van der Waals surface area contributed by atoms with E-state index in [9.17, 15) is 4.39 Å². The molecule has 20 heavy (non-hydrogen) atoms. The number of aromatic nitrogens is 1. The second-order valence-electron chi connectivity index (χ2n) is 5.54. The highest BCUT2D eigenvalue weighted by molar-refractivity contribution is 5.44. The van der Waals surface area contributed by atoms with Crippen LogP contribution in [-0.4, -0.2) is 24.1 Å². The van der Waals surface area contributed by atoms with Crippen molar-refractivity contribution < 1.29 is 4.39 Å². The lowest BCUT2D eigenvalue weighted by Crippen LogP contribution is -2.40. The third-order valence-corrected chi connectivity index (χ3v) is 4.06. The lowest BCUT2D eigenvalue weighted by Gasteiger charge is -2.36. The van der Waals surface area contributed by atoms with E-state index in [2.05, 4.69) is 29.0 Å². The number of anilines is 1. The summed E-state index contributed by atoms with van der Waals surface area (Å²) in [5, 5.41) is 3.26. The van der Waals surface area contributed by atoms with Gasteiger partial charge in [0.2, 0.25) is 0 Å². The van der Waals surface area contributed by atoms with Gasteiger partial charge in [0.25, 0.3) is 0 Å². The number of hydrogen-bond acceptors (Lipinski definition) is 3. The van der Waals surface area contributed by atoms with Crippen LogP contribution in [0.3, 0.4) is 0 Å². The molecule has 0 amide bonds. The highest BCUT2D eigenvalue weighted by Gasteiger charge is 2.25. The zero-order valence-electron chi connectivity index (χ0n) is 12.7. The summed E-state index contributed by atoms with van der Waals surface area (Å²) in [5.41, 5.74) is 0.726. The molecule has 112 valence electrons. The lowest BCUT2D eigenvalue weighted by molar-refractivity contribution is 0.437. The van der Waals surface area contributed by atoms with Crippen molar-refractivity contribution in [2.75, 3.05) is 18.0 Å². The molecule has 0 aliphatic carbocycles. The average Bonchev–Trinajstić information content (AvgIpc) is 2.49. The van der Waals surface area contributed by atoms with Gasteiger partial charge >= 0.3 is 0 Å². The Labute approximate surface area is 121 Å². The maximum absolute atomic E-state index is 14.6. The van der Waals surface area contributed by atoms with Crippen LogP contribution in [0.15, 0.2) is 12.3 Å². The molecule has 1 unspecified atom stereocenters.